The Kier molecular flexibility index (Phi) is 2.31. The van der Waals surface area contributed by atoms with Crippen LogP contribution in [0.4, 0.5) is 11.4 Å². The molecule has 2 heterocycles. The Morgan fingerprint density at radius 1 is 1.35 bits per heavy atom. The van der Waals surface area contributed by atoms with Gasteiger partial charge in [0.05, 0.1) is 17.9 Å². The van der Waals surface area contributed by atoms with E-state index in [9.17, 15) is 4.79 Å². The van der Waals surface area contributed by atoms with E-state index in [4.69, 9.17) is 9.47 Å². The van der Waals surface area contributed by atoms with Gasteiger partial charge in [-0.15, -0.1) is 0 Å². The Hall–Kier alpha value is -1.91. The van der Waals surface area contributed by atoms with Gasteiger partial charge in [-0.2, -0.15) is 0 Å². The van der Waals surface area contributed by atoms with E-state index in [0.717, 1.165) is 30.1 Å². The first-order valence-corrected chi connectivity index (χ1v) is 5.77. The Morgan fingerprint density at radius 3 is 2.88 bits per heavy atom. The monoisotopic (exact) mass is 234 g/mol. The molecule has 17 heavy (non-hydrogen) atoms. The number of nitrogens with zero attached hydrogens (tertiary/aromatic N) is 1. The van der Waals surface area contributed by atoms with Gasteiger partial charge in [-0.3, -0.25) is 4.79 Å². The highest BCUT2D eigenvalue weighted by atomic mass is 16.7. The van der Waals surface area contributed by atoms with Gasteiger partial charge in [0.15, 0.2) is 11.5 Å². The van der Waals surface area contributed by atoms with E-state index in [1.54, 1.807) is 4.90 Å². The molecule has 2 aliphatic rings. The molecule has 0 unspecified atom stereocenters. The summed E-state index contributed by atoms with van der Waals surface area (Å²) >= 11 is 0. The van der Waals surface area contributed by atoms with E-state index in [-0.39, 0.29) is 12.7 Å². The summed E-state index contributed by atoms with van der Waals surface area (Å²) in [4.78, 5) is 13.6. The van der Waals surface area contributed by atoms with Crippen molar-refractivity contribution < 1.29 is 14.3 Å². The third-order valence-electron chi connectivity index (χ3n) is 2.96. The highest BCUT2D eigenvalue weighted by Gasteiger charge is 2.27. The Balaban J connectivity index is 2.05. The first-order valence-electron chi connectivity index (χ1n) is 5.77. The second-order valence-electron chi connectivity index (χ2n) is 4.12. The number of anilines is 2. The molecule has 2 aliphatic heterocycles. The fourth-order valence-electron chi connectivity index (χ4n) is 2.17. The molecule has 1 aromatic carbocycles. The molecule has 1 aromatic rings. The molecular weight excluding hydrogens is 220 g/mol. The van der Waals surface area contributed by atoms with E-state index in [1.807, 2.05) is 12.1 Å². The predicted octanol–water partition coefficient (Wildman–Crippen LogP) is 1.58. The summed E-state index contributed by atoms with van der Waals surface area (Å²) in [6.07, 6.45) is 0.930. The number of benzene rings is 1. The Bertz CT molecular complexity index is 473. The molecule has 0 radical (unpaired) electrons. The maximum Gasteiger partial charge on any atom is 0.246 e. The molecule has 0 aliphatic carbocycles. The Labute approximate surface area is 99.3 Å². The zero-order valence-electron chi connectivity index (χ0n) is 9.66. The summed E-state index contributed by atoms with van der Waals surface area (Å²) in [5, 5.41) is 3.10. The largest absolute Gasteiger partial charge is 0.454 e. The molecule has 0 saturated heterocycles. The van der Waals surface area contributed by atoms with Crippen LogP contribution in [0.3, 0.4) is 0 Å². The van der Waals surface area contributed by atoms with Crippen LogP contribution >= 0.6 is 0 Å². The summed E-state index contributed by atoms with van der Waals surface area (Å²) in [5.74, 6) is 1.54. The number of hydrogen-bond acceptors (Lipinski definition) is 4. The van der Waals surface area contributed by atoms with E-state index in [1.165, 1.54) is 0 Å². The summed E-state index contributed by atoms with van der Waals surface area (Å²) in [5.41, 5.74) is 1.81. The molecule has 90 valence electrons. The van der Waals surface area contributed by atoms with Gasteiger partial charge in [-0.1, -0.05) is 6.92 Å². The van der Waals surface area contributed by atoms with E-state index in [2.05, 4.69) is 12.2 Å². The first-order chi connectivity index (χ1) is 8.29. The fraction of sp³-hybridized carbons (Fsp3) is 0.417. The molecule has 3 rings (SSSR count). The van der Waals surface area contributed by atoms with Gasteiger partial charge in [0.25, 0.3) is 0 Å². The number of hydrogen-bond donors (Lipinski definition) is 1. The number of fused-ring (bicyclic) bond motifs is 2. The lowest BCUT2D eigenvalue weighted by Gasteiger charge is -2.30. The van der Waals surface area contributed by atoms with Crippen LogP contribution in [-0.2, 0) is 4.79 Å². The summed E-state index contributed by atoms with van der Waals surface area (Å²) < 4.78 is 10.7. The minimum absolute atomic E-state index is 0.0956. The van der Waals surface area contributed by atoms with Crippen molar-refractivity contribution in [3.05, 3.63) is 12.1 Å². The first kappa shape index (κ1) is 10.3. The van der Waals surface area contributed by atoms with Gasteiger partial charge in [-0.05, 0) is 6.42 Å². The second kappa shape index (κ2) is 3.84. The van der Waals surface area contributed by atoms with Gasteiger partial charge < -0.3 is 19.7 Å². The number of rotatable bonds is 2. The zero-order chi connectivity index (χ0) is 11.8. The zero-order valence-corrected chi connectivity index (χ0v) is 9.66. The molecule has 0 fully saturated rings. The molecule has 0 aromatic heterocycles. The molecule has 1 N–H and O–H groups in total. The summed E-state index contributed by atoms with van der Waals surface area (Å²) in [6.45, 7) is 3.38. The number of ether oxygens (including phenoxy) is 2. The molecule has 0 atom stereocenters. The van der Waals surface area contributed by atoms with Crippen LogP contribution < -0.4 is 19.7 Å². The van der Waals surface area contributed by atoms with Crippen molar-refractivity contribution in [2.75, 3.05) is 30.1 Å². The molecular formula is C12H14N2O3. The van der Waals surface area contributed by atoms with Crippen molar-refractivity contribution in [2.24, 2.45) is 0 Å². The van der Waals surface area contributed by atoms with Crippen LogP contribution in [0.15, 0.2) is 12.1 Å². The highest BCUT2D eigenvalue weighted by molar-refractivity contribution is 6.03. The maximum atomic E-state index is 11.8. The highest BCUT2D eigenvalue weighted by Crippen LogP contribution is 2.42. The van der Waals surface area contributed by atoms with Crippen molar-refractivity contribution in [2.45, 2.75) is 13.3 Å². The number of carbonyl (C=O) groups excluding carboxylic acids is 1. The van der Waals surface area contributed by atoms with Crippen molar-refractivity contribution in [3.63, 3.8) is 0 Å². The average Bonchev–Trinajstić information content (AvgIpc) is 2.78. The van der Waals surface area contributed by atoms with Crippen LogP contribution in [0, 0.1) is 0 Å². The van der Waals surface area contributed by atoms with Gasteiger partial charge in [0, 0.05) is 18.7 Å². The predicted molar refractivity (Wildman–Crippen MR) is 63.7 cm³/mol. The normalized spacial score (nSPS) is 16.8. The minimum atomic E-state index is 0.0956. The van der Waals surface area contributed by atoms with Crippen LogP contribution in [0.1, 0.15) is 13.3 Å². The smallest absolute Gasteiger partial charge is 0.246 e. The lowest BCUT2D eigenvalue weighted by molar-refractivity contribution is -0.117. The molecule has 5 nitrogen and oxygen atoms in total. The average molecular weight is 234 g/mol. The van der Waals surface area contributed by atoms with Crippen LogP contribution in [0.25, 0.3) is 0 Å². The molecule has 1 amide bonds. The molecule has 5 heteroatoms. The SMILES string of the molecule is CCCN1C(=O)CNc2cc3c(cc21)OCO3. The van der Waals surface area contributed by atoms with E-state index >= 15 is 0 Å². The van der Waals surface area contributed by atoms with E-state index in [0.29, 0.717) is 12.3 Å². The van der Waals surface area contributed by atoms with Crippen molar-refractivity contribution in [1.29, 1.82) is 0 Å². The second-order valence-corrected chi connectivity index (χ2v) is 4.12. The quantitative estimate of drug-likeness (QED) is 0.844. The summed E-state index contributed by atoms with van der Waals surface area (Å²) in [6, 6.07) is 3.77. The van der Waals surface area contributed by atoms with Gasteiger partial charge in [0.2, 0.25) is 12.7 Å². The molecule has 0 saturated carbocycles. The fourth-order valence-corrected chi connectivity index (χ4v) is 2.17. The number of carbonyl (C=O) groups is 1. The number of nitrogens with one attached hydrogen (secondary N) is 1. The lowest BCUT2D eigenvalue weighted by Crippen LogP contribution is -2.40. The van der Waals surface area contributed by atoms with Crippen molar-refractivity contribution in [3.8, 4) is 11.5 Å². The molecule has 0 bridgehead atoms. The van der Waals surface area contributed by atoms with Crippen LogP contribution in [0.5, 0.6) is 11.5 Å². The van der Waals surface area contributed by atoms with Gasteiger partial charge >= 0.3 is 0 Å². The van der Waals surface area contributed by atoms with E-state index < -0.39 is 0 Å². The maximum absolute atomic E-state index is 11.8. The Morgan fingerprint density at radius 2 is 2.12 bits per heavy atom. The number of amides is 1. The minimum Gasteiger partial charge on any atom is -0.454 e. The van der Waals surface area contributed by atoms with Crippen LogP contribution in [-0.4, -0.2) is 25.8 Å². The third-order valence-corrected chi connectivity index (χ3v) is 2.96. The standard InChI is InChI=1S/C12H14N2O3/c1-2-3-14-9-5-11-10(16-7-17-11)4-8(9)13-6-12(14)15/h4-5,13H,2-3,6-7H2,1H3. The van der Waals surface area contributed by atoms with Crippen molar-refractivity contribution >= 4 is 17.3 Å². The molecule has 0 spiro atoms. The van der Waals surface area contributed by atoms with Gasteiger partial charge in [0.1, 0.15) is 0 Å². The van der Waals surface area contributed by atoms with Crippen molar-refractivity contribution in [1.82, 2.24) is 0 Å². The lowest BCUT2D eigenvalue weighted by atomic mass is 10.1. The topological polar surface area (TPSA) is 50.8 Å². The van der Waals surface area contributed by atoms with Crippen LogP contribution in [0.2, 0.25) is 0 Å². The third kappa shape index (κ3) is 1.58. The van der Waals surface area contributed by atoms with Gasteiger partial charge in [-0.25, -0.2) is 0 Å². The summed E-state index contributed by atoms with van der Waals surface area (Å²) in [7, 11) is 0.